The van der Waals surface area contributed by atoms with Crippen molar-refractivity contribution in [1.82, 2.24) is 0 Å². The Bertz CT molecular complexity index is 344. The molecule has 0 heterocycles. The van der Waals surface area contributed by atoms with Crippen LogP contribution in [0.5, 0.6) is 0 Å². The Labute approximate surface area is 96.2 Å². The molecular weight excluding hydrogens is 200 g/mol. The van der Waals surface area contributed by atoms with Gasteiger partial charge in [0.25, 0.3) is 0 Å². The van der Waals surface area contributed by atoms with Crippen molar-refractivity contribution in [2.24, 2.45) is 0 Å². The molecule has 0 saturated heterocycles. The normalized spacial score (nSPS) is 9.81. The van der Waals surface area contributed by atoms with Crippen LogP contribution in [-0.4, -0.2) is 12.1 Å². The Hall–Kier alpha value is -1.83. The van der Waals surface area contributed by atoms with Gasteiger partial charge in [0.15, 0.2) is 0 Å². The van der Waals surface area contributed by atoms with E-state index < -0.39 is 0 Å². The van der Waals surface area contributed by atoms with E-state index in [0.717, 1.165) is 0 Å². The van der Waals surface area contributed by atoms with Crippen molar-refractivity contribution in [3.8, 4) is 0 Å². The van der Waals surface area contributed by atoms with Crippen LogP contribution < -0.4 is 0 Å². The topological polar surface area (TPSA) is 26.3 Å². The van der Waals surface area contributed by atoms with Crippen molar-refractivity contribution in [3.63, 3.8) is 0 Å². The highest BCUT2D eigenvalue weighted by atomic mass is 16.5. The van der Waals surface area contributed by atoms with Gasteiger partial charge in [-0.15, -0.1) is 13.2 Å². The summed E-state index contributed by atoms with van der Waals surface area (Å²) in [6.45, 7) is 7.27. The predicted molar refractivity (Wildman–Crippen MR) is 65.3 cm³/mol. The van der Waals surface area contributed by atoms with E-state index in [-0.39, 0.29) is 12.1 Å². The molecule has 0 aliphatic carbocycles. The van der Waals surface area contributed by atoms with Gasteiger partial charge >= 0.3 is 5.97 Å². The molecule has 2 nitrogen and oxygen atoms in total. The number of hydrogen-bond acceptors (Lipinski definition) is 2. The van der Waals surface area contributed by atoms with Crippen molar-refractivity contribution in [1.29, 1.82) is 0 Å². The second-order valence-electron chi connectivity index (χ2n) is 3.44. The summed E-state index contributed by atoms with van der Waals surface area (Å²) in [6, 6.07) is 8.96. The fourth-order valence-electron chi connectivity index (χ4n) is 1.36. The lowest BCUT2D eigenvalue weighted by Gasteiger charge is -2.14. The van der Waals surface area contributed by atoms with Crippen molar-refractivity contribution >= 4 is 5.97 Å². The first-order chi connectivity index (χ1) is 7.77. The minimum absolute atomic E-state index is 0.164. The Morgan fingerprint density at radius 2 is 1.75 bits per heavy atom. The average molecular weight is 216 g/mol. The third kappa shape index (κ3) is 3.73. The molecule has 1 rings (SSSR count). The van der Waals surface area contributed by atoms with Gasteiger partial charge in [0.05, 0.1) is 5.56 Å². The van der Waals surface area contributed by atoms with E-state index in [1.165, 1.54) is 0 Å². The number of hydrogen-bond donors (Lipinski definition) is 0. The van der Waals surface area contributed by atoms with Crippen LogP contribution in [0.2, 0.25) is 0 Å². The van der Waals surface area contributed by atoms with Crippen LogP contribution in [-0.2, 0) is 4.74 Å². The van der Waals surface area contributed by atoms with Gasteiger partial charge in [-0.05, 0) is 12.1 Å². The number of esters is 1. The fraction of sp³-hybridized carbons (Fsp3) is 0.214. The summed E-state index contributed by atoms with van der Waals surface area (Å²) in [5.74, 6) is -0.297. The largest absolute Gasteiger partial charge is 0.458 e. The van der Waals surface area contributed by atoms with Crippen molar-refractivity contribution in [2.75, 3.05) is 0 Å². The highest BCUT2D eigenvalue weighted by molar-refractivity contribution is 5.89. The van der Waals surface area contributed by atoms with Crippen LogP contribution in [0.1, 0.15) is 23.2 Å². The van der Waals surface area contributed by atoms with E-state index in [1.54, 1.807) is 24.3 Å². The lowest BCUT2D eigenvalue weighted by atomic mass is 10.1. The highest BCUT2D eigenvalue weighted by Gasteiger charge is 2.12. The minimum atomic E-state index is -0.297. The summed E-state index contributed by atoms with van der Waals surface area (Å²) in [6.07, 6.45) is 4.61. The summed E-state index contributed by atoms with van der Waals surface area (Å²) >= 11 is 0. The van der Waals surface area contributed by atoms with Gasteiger partial charge in [0, 0.05) is 12.8 Å². The maximum absolute atomic E-state index is 11.7. The molecule has 0 bridgehead atoms. The number of ether oxygens (including phenoxy) is 1. The summed E-state index contributed by atoms with van der Waals surface area (Å²) in [5.41, 5.74) is 0.570. The zero-order valence-electron chi connectivity index (χ0n) is 9.26. The van der Waals surface area contributed by atoms with Crippen LogP contribution in [0.4, 0.5) is 0 Å². The molecule has 0 aliphatic heterocycles. The first kappa shape index (κ1) is 12.2. The summed E-state index contributed by atoms with van der Waals surface area (Å²) in [7, 11) is 0. The third-order valence-electron chi connectivity index (χ3n) is 2.14. The van der Waals surface area contributed by atoms with Gasteiger partial charge < -0.3 is 4.74 Å². The van der Waals surface area contributed by atoms with Crippen LogP contribution in [0.25, 0.3) is 0 Å². The number of benzene rings is 1. The number of carbonyl (C=O) groups is 1. The van der Waals surface area contributed by atoms with Crippen LogP contribution in [0.3, 0.4) is 0 Å². The Kier molecular flexibility index (Phi) is 5.06. The maximum atomic E-state index is 11.7. The molecule has 16 heavy (non-hydrogen) atoms. The number of rotatable bonds is 6. The lowest BCUT2D eigenvalue weighted by molar-refractivity contribution is 0.0315. The molecule has 2 heteroatoms. The second-order valence-corrected chi connectivity index (χ2v) is 3.44. The van der Waals surface area contributed by atoms with E-state index in [0.29, 0.717) is 18.4 Å². The van der Waals surface area contributed by atoms with Gasteiger partial charge in [0.2, 0.25) is 0 Å². The summed E-state index contributed by atoms with van der Waals surface area (Å²) in [5, 5.41) is 0. The Morgan fingerprint density at radius 3 is 2.25 bits per heavy atom. The molecule has 0 fully saturated rings. The molecule has 1 aromatic rings. The molecule has 84 valence electrons. The molecule has 0 aliphatic rings. The number of carbonyl (C=O) groups excluding carboxylic acids is 1. The first-order valence-electron chi connectivity index (χ1n) is 5.25. The van der Waals surface area contributed by atoms with Crippen molar-refractivity contribution in [2.45, 2.75) is 18.9 Å². The summed E-state index contributed by atoms with van der Waals surface area (Å²) < 4.78 is 5.34. The average Bonchev–Trinajstić information content (AvgIpc) is 2.31. The van der Waals surface area contributed by atoms with Gasteiger partial charge in [-0.1, -0.05) is 30.4 Å². The second kappa shape index (κ2) is 6.62. The van der Waals surface area contributed by atoms with Crippen molar-refractivity contribution < 1.29 is 9.53 Å². The van der Waals surface area contributed by atoms with Gasteiger partial charge in [0.1, 0.15) is 6.10 Å². The minimum Gasteiger partial charge on any atom is -0.458 e. The standard InChI is InChI=1S/C14H16O2/c1-3-8-13(9-4-2)16-14(15)12-10-6-5-7-11-12/h3-7,10-11,13H,1-2,8-9H2. The van der Waals surface area contributed by atoms with E-state index in [9.17, 15) is 4.79 Å². The summed E-state index contributed by atoms with van der Waals surface area (Å²) in [4.78, 5) is 11.7. The molecule has 0 unspecified atom stereocenters. The lowest BCUT2D eigenvalue weighted by Crippen LogP contribution is -2.17. The Balaban J connectivity index is 2.61. The van der Waals surface area contributed by atoms with Gasteiger partial charge in [-0.25, -0.2) is 4.79 Å². The van der Waals surface area contributed by atoms with Crippen LogP contribution in [0, 0.1) is 0 Å². The molecule has 0 aromatic heterocycles. The first-order valence-corrected chi connectivity index (χ1v) is 5.25. The van der Waals surface area contributed by atoms with E-state index in [4.69, 9.17) is 4.74 Å². The fourth-order valence-corrected chi connectivity index (χ4v) is 1.36. The van der Waals surface area contributed by atoms with Gasteiger partial charge in [-0.2, -0.15) is 0 Å². The third-order valence-corrected chi connectivity index (χ3v) is 2.14. The SMILES string of the molecule is C=CCC(CC=C)OC(=O)c1ccccc1. The van der Waals surface area contributed by atoms with Crippen LogP contribution in [0.15, 0.2) is 55.6 Å². The highest BCUT2D eigenvalue weighted by Crippen LogP contribution is 2.10. The molecule has 0 radical (unpaired) electrons. The molecule has 0 saturated carbocycles. The van der Waals surface area contributed by atoms with E-state index >= 15 is 0 Å². The van der Waals surface area contributed by atoms with Crippen molar-refractivity contribution in [3.05, 3.63) is 61.2 Å². The molecule has 0 atom stereocenters. The molecule has 0 spiro atoms. The predicted octanol–water partition coefficient (Wildman–Crippen LogP) is 3.36. The van der Waals surface area contributed by atoms with E-state index in [2.05, 4.69) is 13.2 Å². The van der Waals surface area contributed by atoms with Gasteiger partial charge in [-0.3, -0.25) is 0 Å². The van der Waals surface area contributed by atoms with Crippen LogP contribution >= 0.6 is 0 Å². The quantitative estimate of drug-likeness (QED) is 0.538. The zero-order valence-corrected chi connectivity index (χ0v) is 9.26. The smallest absolute Gasteiger partial charge is 0.338 e. The molecule has 1 aromatic carbocycles. The monoisotopic (exact) mass is 216 g/mol. The molecule has 0 amide bonds. The van der Waals surface area contributed by atoms with E-state index in [1.807, 2.05) is 18.2 Å². The molecule has 0 N–H and O–H groups in total. The Morgan fingerprint density at radius 1 is 1.19 bits per heavy atom. The maximum Gasteiger partial charge on any atom is 0.338 e. The zero-order chi connectivity index (χ0) is 11.8. The molecular formula is C14H16O2.